The molecule has 1 aromatic heterocycles. The second kappa shape index (κ2) is 2.94. The minimum atomic E-state index is -4.67. The summed E-state index contributed by atoms with van der Waals surface area (Å²) < 4.78 is 36.2. The standard InChI is InChI=1S/C7H3F3N2O/c8-7(9,10)4-1-2-12-5(3-11)6(4)13/h1-2,13H. The molecule has 0 spiro atoms. The van der Waals surface area contributed by atoms with Gasteiger partial charge in [-0.05, 0) is 6.07 Å². The number of nitrogens with zero attached hydrogens (tertiary/aromatic N) is 2. The number of halogens is 3. The molecule has 0 radical (unpaired) electrons. The summed E-state index contributed by atoms with van der Waals surface area (Å²) in [6, 6.07) is 1.95. The highest BCUT2D eigenvalue weighted by atomic mass is 19.4. The summed E-state index contributed by atoms with van der Waals surface area (Å²) in [5.41, 5.74) is -1.88. The predicted octanol–water partition coefficient (Wildman–Crippen LogP) is 1.68. The monoisotopic (exact) mass is 188 g/mol. The van der Waals surface area contributed by atoms with E-state index in [0.29, 0.717) is 6.07 Å². The van der Waals surface area contributed by atoms with E-state index < -0.39 is 23.2 Å². The van der Waals surface area contributed by atoms with Crippen molar-refractivity contribution in [1.29, 1.82) is 5.26 Å². The zero-order chi connectivity index (χ0) is 10.1. The fourth-order valence-electron chi connectivity index (χ4n) is 0.765. The number of hydrogen-bond donors (Lipinski definition) is 1. The molecule has 1 N–H and O–H groups in total. The summed E-state index contributed by atoms with van der Waals surface area (Å²) in [6.45, 7) is 0. The Morgan fingerprint density at radius 3 is 2.54 bits per heavy atom. The number of pyridine rings is 1. The van der Waals surface area contributed by atoms with Gasteiger partial charge in [-0.2, -0.15) is 18.4 Å². The highest BCUT2D eigenvalue weighted by molar-refractivity contribution is 5.43. The number of aromatic hydroxyl groups is 1. The van der Waals surface area contributed by atoms with E-state index in [1.807, 2.05) is 0 Å². The fourth-order valence-corrected chi connectivity index (χ4v) is 0.765. The van der Waals surface area contributed by atoms with Gasteiger partial charge in [-0.1, -0.05) is 0 Å². The van der Waals surface area contributed by atoms with Crippen molar-refractivity contribution in [3.8, 4) is 11.8 Å². The van der Waals surface area contributed by atoms with Crippen LogP contribution in [0.1, 0.15) is 11.3 Å². The van der Waals surface area contributed by atoms with Crippen LogP contribution in [0, 0.1) is 11.3 Å². The van der Waals surface area contributed by atoms with E-state index in [4.69, 9.17) is 10.4 Å². The molecule has 0 atom stereocenters. The van der Waals surface area contributed by atoms with Crippen LogP contribution in [-0.4, -0.2) is 10.1 Å². The molecule has 1 heterocycles. The van der Waals surface area contributed by atoms with Gasteiger partial charge in [0.2, 0.25) is 0 Å². The van der Waals surface area contributed by atoms with E-state index in [1.54, 1.807) is 0 Å². The molecule has 0 saturated carbocycles. The predicted molar refractivity (Wildman–Crippen MR) is 35.6 cm³/mol. The number of alkyl halides is 3. The lowest BCUT2D eigenvalue weighted by molar-refractivity contribution is -0.138. The summed E-state index contributed by atoms with van der Waals surface area (Å²) in [7, 11) is 0. The van der Waals surface area contributed by atoms with Gasteiger partial charge in [-0.3, -0.25) is 0 Å². The van der Waals surface area contributed by atoms with E-state index in [0.717, 1.165) is 6.20 Å². The third-order valence-corrected chi connectivity index (χ3v) is 1.34. The third kappa shape index (κ3) is 1.69. The van der Waals surface area contributed by atoms with Crippen molar-refractivity contribution in [2.24, 2.45) is 0 Å². The van der Waals surface area contributed by atoms with Gasteiger partial charge < -0.3 is 5.11 Å². The average Bonchev–Trinajstić information content (AvgIpc) is 2.02. The molecule has 1 rings (SSSR count). The Kier molecular flexibility index (Phi) is 2.10. The van der Waals surface area contributed by atoms with Gasteiger partial charge in [-0.25, -0.2) is 4.98 Å². The topological polar surface area (TPSA) is 56.9 Å². The van der Waals surface area contributed by atoms with Crippen molar-refractivity contribution in [2.45, 2.75) is 6.18 Å². The van der Waals surface area contributed by atoms with Crippen LogP contribution in [-0.2, 0) is 6.18 Å². The van der Waals surface area contributed by atoms with Crippen LogP contribution in [0.2, 0.25) is 0 Å². The maximum atomic E-state index is 12.1. The molecule has 1 aromatic rings. The Morgan fingerprint density at radius 1 is 1.46 bits per heavy atom. The molecule has 0 aliphatic carbocycles. The highest BCUT2D eigenvalue weighted by Gasteiger charge is 2.35. The van der Waals surface area contributed by atoms with Gasteiger partial charge in [0.05, 0.1) is 0 Å². The lowest BCUT2D eigenvalue weighted by Gasteiger charge is -2.07. The van der Waals surface area contributed by atoms with Crippen LogP contribution in [0.15, 0.2) is 12.3 Å². The Bertz CT molecular complexity index is 367. The van der Waals surface area contributed by atoms with Crippen molar-refractivity contribution in [3.05, 3.63) is 23.5 Å². The molecule has 13 heavy (non-hydrogen) atoms. The fraction of sp³-hybridized carbons (Fsp3) is 0.143. The first-order valence-electron chi connectivity index (χ1n) is 3.12. The Hall–Kier alpha value is -1.77. The summed E-state index contributed by atoms with van der Waals surface area (Å²) in [4.78, 5) is 3.26. The molecule has 0 saturated heterocycles. The van der Waals surface area contributed by atoms with Gasteiger partial charge in [0.1, 0.15) is 11.6 Å². The van der Waals surface area contributed by atoms with E-state index in [9.17, 15) is 13.2 Å². The molecule has 0 amide bonds. The molecule has 3 nitrogen and oxygen atoms in total. The van der Waals surface area contributed by atoms with Crippen molar-refractivity contribution in [1.82, 2.24) is 4.98 Å². The molecule has 0 aliphatic rings. The van der Waals surface area contributed by atoms with Crippen LogP contribution >= 0.6 is 0 Å². The van der Waals surface area contributed by atoms with Crippen LogP contribution < -0.4 is 0 Å². The van der Waals surface area contributed by atoms with E-state index in [-0.39, 0.29) is 0 Å². The Balaban J connectivity index is 3.34. The molecule has 0 aliphatic heterocycles. The summed E-state index contributed by atoms with van der Waals surface area (Å²) in [5.74, 6) is -1.13. The third-order valence-electron chi connectivity index (χ3n) is 1.34. The van der Waals surface area contributed by atoms with Crippen LogP contribution in [0.3, 0.4) is 0 Å². The summed E-state index contributed by atoms with van der Waals surface area (Å²) >= 11 is 0. The zero-order valence-electron chi connectivity index (χ0n) is 6.13. The number of nitriles is 1. The SMILES string of the molecule is N#Cc1nccc(C(F)(F)F)c1O. The average molecular weight is 188 g/mol. The summed E-state index contributed by atoms with van der Waals surface area (Å²) in [6.07, 6.45) is -3.85. The van der Waals surface area contributed by atoms with Gasteiger partial charge in [0.15, 0.2) is 11.4 Å². The van der Waals surface area contributed by atoms with Crippen molar-refractivity contribution < 1.29 is 18.3 Å². The lowest BCUT2D eigenvalue weighted by atomic mass is 10.2. The molecular weight excluding hydrogens is 185 g/mol. The lowest BCUT2D eigenvalue weighted by Crippen LogP contribution is -2.06. The van der Waals surface area contributed by atoms with Crippen LogP contribution in [0.4, 0.5) is 13.2 Å². The first-order valence-corrected chi connectivity index (χ1v) is 3.12. The smallest absolute Gasteiger partial charge is 0.420 e. The van der Waals surface area contributed by atoms with E-state index in [1.165, 1.54) is 6.07 Å². The number of aromatic nitrogens is 1. The molecule has 0 aromatic carbocycles. The first kappa shape index (κ1) is 9.32. The Morgan fingerprint density at radius 2 is 2.08 bits per heavy atom. The van der Waals surface area contributed by atoms with Crippen LogP contribution in [0.25, 0.3) is 0 Å². The van der Waals surface area contributed by atoms with Crippen molar-refractivity contribution in [3.63, 3.8) is 0 Å². The normalized spacial score (nSPS) is 10.9. The van der Waals surface area contributed by atoms with Gasteiger partial charge in [0.25, 0.3) is 0 Å². The van der Waals surface area contributed by atoms with Gasteiger partial charge >= 0.3 is 6.18 Å². The van der Waals surface area contributed by atoms with Crippen molar-refractivity contribution in [2.75, 3.05) is 0 Å². The number of rotatable bonds is 0. The summed E-state index contributed by atoms with van der Waals surface area (Å²) in [5, 5.41) is 17.2. The quantitative estimate of drug-likeness (QED) is 0.673. The largest absolute Gasteiger partial charge is 0.504 e. The van der Waals surface area contributed by atoms with Gasteiger partial charge in [-0.15, -0.1) is 0 Å². The maximum Gasteiger partial charge on any atom is 0.420 e. The van der Waals surface area contributed by atoms with Crippen LogP contribution in [0.5, 0.6) is 5.75 Å². The van der Waals surface area contributed by atoms with E-state index in [2.05, 4.69) is 4.98 Å². The second-order valence-electron chi connectivity index (χ2n) is 2.17. The molecular formula is C7H3F3N2O. The highest BCUT2D eigenvalue weighted by Crippen LogP contribution is 2.36. The van der Waals surface area contributed by atoms with Gasteiger partial charge in [0, 0.05) is 6.20 Å². The van der Waals surface area contributed by atoms with E-state index >= 15 is 0 Å². The Labute approximate surface area is 71.1 Å². The molecule has 0 fully saturated rings. The first-order chi connectivity index (χ1) is 5.96. The minimum absolute atomic E-state index is 0.607. The molecule has 0 bridgehead atoms. The minimum Gasteiger partial charge on any atom is -0.504 e. The maximum absolute atomic E-state index is 12.1. The second-order valence-corrected chi connectivity index (χ2v) is 2.17. The molecule has 6 heteroatoms. The zero-order valence-corrected chi connectivity index (χ0v) is 6.13. The molecule has 0 unspecified atom stereocenters. The molecule has 68 valence electrons. The van der Waals surface area contributed by atoms with Crippen molar-refractivity contribution >= 4 is 0 Å². The number of hydrogen-bond acceptors (Lipinski definition) is 3.